The van der Waals surface area contributed by atoms with E-state index in [0.29, 0.717) is 11.5 Å². The Labute approximate surface area is 90.2 Å². The lowest BCUT2D eigenvalue weighted by atomic mass is 10.1. The van der Waals surface area contributed by atoms with E-state index in [4.69, 9.17) is 0 Å². The Hall–Kier alpha value is -1.64. The van der Waals surface area contributed by atoms with Crippen molar-refractivity contribution in [3.8, 4) is 0 Å². The molecule has 15 heavy (non-hydrogen) atoms. The minimum absolute atomic E-state index is 0.162. The number of rotatable bonds is 3. The zero-order valence-electron chi connectivity index (χ0n) is 9.32. The van der Waals surface area contributed by atoms with Crippen LogP contribution in [0.5, 0.6) is 0 Å². The van der Waals surface area contributed by atoms with Crippen LogP contribution < -0.4 is 5.43 Å². The predicted molar refractivity (Wildman–Crippen MR) is 62.0 cm³/mol. The molecule has 1 N–H and O–H groups in total. The molecule has 0 fully saturated rings. The van der Waals surface area contributed by atoms with Crippen molar-refractivity contribution in [1.29, 1.82) is 0 Å². The van der Waals surface area contributed by atoms with Crippen LogP contribution in [-0.2, 0) is 0 Å². The number of carbonyl (C=O) groups excluding carboxylic acids is 1. The van der Waals surface area contributed by atoms with Crippen molar-refractivity contribution >= 4 is 12.1 Å². The summed E-state index contributed by atoms with van der Waals surface area (Å²) in [6.07, 6.45) is 1.70. The molecule has 3 heteroatoms. The fourth-order valence-electron chi connectivity index (χ4n) is 1.13. The van der Waals surface area contributed by atoms with E-state index in [1.54, 1.807) is 12.3 Å². The summed E-state index contributed by atoms with van der Waals surface area (Å²) in [5.74, 6) is 0.173. The number of carbonyl (C=O) groups is 1. The smallest absolute Gasteiger partial charge is 0.267 e. The van der Waals surface area contributed by atoms with Gasteiger partial charge in [-0.25, -0.2) is 5.43 Å². The number of hydrogen-bond acceptors (Lipinski definition) is 2. The Morgan fingerprint density at radius 3 is 2.67 bits per heavy atom. The summed E-state index contributed by atoms with van der Waals surface area (Å²) in [5, 5.41) is 3.86. The van der Waals surface area contributed by atoms with Crippen molar-refractivity contribution in [2.24, 2.45) is 11.0 Å². The highest BCUT2D eigenvalue weighted by Crippen LogP contribution is 2.06. The van der Waals surface area contributed by atoms with Gasteiger partial charge in [0.15, 0.2) is 0 Å². The van der Waals surface area contributed by atoms with Gasteiger partial charge < -0.3 is 0 Å². The van der Waals surface area contributed by atoms with Crippen molar-refractivity contribution in [3.05, 3.63) is 35.4 Å². The van der Waals surface area contributed by atoms with E-state index in [2.05, 4.69) is 10.5 Å². The molecule has 0 atom stereocenters. The van der Waals surface area contributed by atoms with Crippen LogP contribution >= 0.6 is 0 Å². The molecule has 1 aromatic rings. The zero-order chi connectivity index (χ0) is 11.3. The molecule has 0 radical (unpaired) electrons. The molecule has 0 aliphatic carbocycles. The summed E-state index contributed by atoms with van der Waals surface area (Å²) in [6.45, 7) is 5.91. The molecule has 0 unspecified atom stereocenters. The first-order valence-electron chi connectivity index (χ1n) is 5.00. The van der Waals surface area contributed by atoms with E-state index in [1.807, 2.05) is 39.0 Å². The molecule has 3 nitrogen and oxygen atoms in total. The lowest BCUT2D eigenvalue weighted by molar-refractivity contribution is 0.0954. The fraction of sp³-hybridized carbons (Fsp3) is 0.333. The van der Waals surface area contributed by atoms with Crippen LogP contribution in [0, 0.1) is 12.8 Å². The van der Waals surface area contributed by atoms with Gasteiger partial charge in [-0.2, -0.15) is 5.10 Å². The number of hydrogen-bond donors (Lipinski definition) is 1. The maximum Gasteiger partial charge on any atom is 0.271 e. The van der Waals surface area contributed by atoms with Crippen LogP contribution in [0.15, 0.2) is 29.4 Å². The van der Waals surface area contributed by atoms with Gasteiger partial charge in [0, 0.05) is 11.8 Å². The maximum absolute atomic E-state index is 11.6. The molecular formula is C12H16N2O. The lowest BCUT2D eigenvalue weighted by Crippen LogP contribution is -2.18. The maximum atomic E-state index is 11.6. The van der Waals surface area contributed by atoms with Crippen LogP contribution in [0.4, 0.5) is 0 Å². The van der Waals surface area contributed by atoms with Crippen LogP contribution in [0.25, 0.3) is 0 Å². The molecule has 80 valence electrons. The van der Waals surface area contributed by atoms with Gasteiger partial charge in [0.1, 0.15) is 0 Å². The first kappa shape index (κ1) is 11.4. The molecule has 1 amide bonds. The number of nitrogens with one attached hydrogen (secondary N) is 1. The number of hydrazone groups is 1. The SMILES string of the molecule is Cc1ccccc1C(=O)N/N=C/C(C)C. The minimum atomic E-state index is -0.162. The summed E-state index contributed by atoms with van der Waals surface area (Å²) in [5.41, 5.74) is 4.12. The number of amides is 1. The third kappa shape index (κ3) is 3.54. The van der Waals surface area contributed by atoms with Gasteiger partial charge in [0.25, 0.3) is 5.91 Å². The van der Waals surface area contributed by atoms with Gasteiger partial charge in [-0.15, -0.1) is 0 Å². The molecule has 0 saturated carbocycles. The Bertz CT molecular complexity index is 370. The summed E-state index contributed by atoms with van der Waals surface area (Å²) in [7, 11) is 0. The van der Waals surface area contributed by atoms with E-state index < -0.39 is 0 Å². The van der Waals surface area contributed by atoms with Crippen molar-refractivity contribution < 1.29 is 4.79 Å². The average Bonchev–Trinajstić information content (AvgIpc) is 2.17. The fourth-order valence-corrected chi connectivity index (χ4v) is 1.13. The van der Waals surface area contributed by atoms with Crippen molar-refractivity contribution in [1.82, 2.24) is 5.43 Å². The Kier molecular flexibility index (Phi) is 4.03. The van der Waals surface area contributed by atoms with E-state index in [0.717, 1.165) is 5.56 Å². The average molecular weight is 204 g/mol. The molecule has 1 aromatic carbocycles. The molecule has 0 bridgehead atoms. The highest BCUT2D eigenvalue weighted by atomic mass is 16.2. The second kappa shape index (κ2) is 5.29. The van der Waals surface area contributed by atoms with Crippen LogP contribution in [0.1, 0.15) is 29.8 Å². The number of benzene rings is 1. The normalized spacial score (nSPS) is 10.9. The van der Waals surface area contributed by atoms with Gasteiger partial charge in [-0.1, -0.05) is 32.0 Å². The first-order valence-corrected chi connectivity index (χ1v) is 5.00. The molecule has 0 aromatic heterocycles. The highest BCUT2D eigenvalue weighted by Gasteiger charge is 2.05. The van der Waals surface area contributed by atoms with E-state index in [9.17, 15) is 4.79 Å². The van der Waals surface area contributed by atoms with E-state index in [-0.39, 0.29) is 5.91 Å². The highest BCUT2D eigenvalue weighted by molar-refractivity contribution is 5.95. The van der Waals surface area contributed by atoms with Crippen molar-refractivity contribution in [3.63, 3.8) is 0 Å². The summed E-state index contributed by atoms with van der Waals surface area (Å²) in [4.78, 5) is 11.6. The molecule has 0 spiro atoms. The molecule has 0 aliphatic heterocycles. The minimum Gasteiger partial charge on any atom is -0.267 e. The second-order valence-corrected chi connectivity index (χ2v) is 3.78. The third-order valence-corrected chi connectivity index (χ3v) is 1.93. The molecule has 0 saturated heterocycles. The van der Waals surface area contributed by atoms with E-state index >= 15 is 0 Å². The van der Waals surface area contributed by atoms with Gasteiger partial charge in [0.2, 0.25) is 0 Å². The van der Waals surface area contributed by atoms with Crippen molar-refractivity contribution in [2.45, 2.75) is 20.8 Å². The largest absolute Gasteiger partial charge is 0.271 e. The Morgan fingerprint density at radius 1 is 1.40 bits per heavy atom. The van der Waals surface area contributed by atoms with Gasteiger partial charge in [-0.05, 0) is 24.5 Å². The second-order valence-electron chi connectivity index (χ2n) is 3.78. The van der Waals surface area contributed by atoms with Crippen molar-refractivity contribution in [2.75, 3.05) is 0 Å². The topological polar surface area (TPSA) is 41.5 Å². The quantitative estimate of drug-likeness (QED) is 0.596. The summed E-state index contributed by atoms with van der Waals surface area (Å²) >= 11 is 0. The summed E-state index contributed by atoms with van der Waals surface area (Å²) in [6, 6.07) is 7.44. The molecule has 0 heterocycles. The van der Waals surface area contributed by atoms with Gasteiger partial charge >= 0.3 is 0 Å². The monoisotopic (exact) mass is 204 g/mol. The van der Waals surface area contributed by atoms with Gasteiger partial charge in [0.05, 0.1) is 0 Å². The molecular weight excluding hydrogens is 188 g/mol. The summed E-state index contributed by atoms with van der Waals surface area (Å²) < 4.78 is 0. The lowest BCUT2D eigenvalue weighted by Gasteiger charge is -2.03. The zero-order valence-corrected chi connectivity index (χ0v) is 9.32. The predicted octanol–water partition coefficient (Wildman–Crippen LogP) is 2.37. The standard InChI is InChI=1S/C12H16N2O/c1-9(2)8-13-14-12(15)11-7-5-4-6-10(11)3/h4-9H,1-3H3,(H,14,15)/b13-8+. The van der Waals surface area contributed by atoms with Crippen LogP contribution in [0.3, 0.4) is 0 Å². The number of nitrogens with zero attached hydrogens (tertiary/aromatic N) is 1. The van der Waals surface area contributed by atoms with Gasteiger partial charge in [-0.3, -0.25) is 4.79 Å². The molecule has 1 rings (SSSR count). The Morgan fingerprint density at radius 2 is 2.07 bits per heavy atom. The van der Waals surface area contributed by atoms with Crippen LogP contribution in [-0.4, -0.2) is 12.1 Å². The third-order valence-electron chi connectivity index (χ3n) is 1.93. The van der Waals surface area contributed by atoms with Crippen LogP contribution in [0.2, 0.25) is 0 Å². The molecule has 0 aliphatic rings. The Balaban J connectivity index is 2.66. The number of aryl methyl sites for hydroxylation is 1. The first-order chi connectivity index (χ1) is 7.11. The van der Waals surface area contributed by atoms with E-state index in [1.165, 1.54) is 0 Å².